The van der Waals surface area contributed by atoms with Gasteiger partial charge in [-0.2, -0.15) is 0 Å². The Bertz CT molecular complexity index is 1460. The third-order valence-electron chi connectivity index (χ3n) is 7.26. The summed E-state index contributed by atoms with van der Waals surface area (Å²) in [5.74, 6) is 1.77. The van der Waals surface area contributed by atoms with Crippen LogP contribution in [0.1, 0.15) is 40.3 Å². The number of aliphatic hydroxyl groups excluding tert-OH is 1. The van der Waals surface area contributed by atoms with Gasteiger partial charge in [-0.1, -0.05) is 97.1 Å². The molecule has 41 heavy (non-hydrogen) atoms. The second-order valence-corrected chi connectivity index (χ2v) is 9.89. The first-order valence-electron chi connectivity index (χ1n) is 13.6. The molecule has 5 aromatic rings. The summed E-state index contributed by atoms with van der Waals surface area (Å²) in [6.07, 6.45) is 0.228. The minimum atomic E-state index is -1.00. The number of ether oxygens (including phenoxy) is 3. The Morgan fingerprint density at radius 1 is 0.634 bits per heavy atom. The number of aromatic hydroxyl groups is 1. The largest absolute Gasteiger partial charge is 0.508 e. The molecular weight excluding hydrogens is 512 g/mol. The van der Waals surface area contributed by atoms with Crippen molar-refractivity contribution >= 4 is 0 Å². The zero-order chi connectivity index (χ0) is 28.7. The Balaban J connectivity index is 1.50. The molecule has 1 atom stereocenters. The van der Waals surface area contributed by atoms with Crippen LogP contribution in [0.2, 0.25) is 0 Å². The summed E-state index contributed by atoms with van der Waals surface area (Å²) < 4.78 is 17.7. The molecule has 2 N–H and O–H groups in total. The lowest BCUT2D eigenvalue weighted by Crippen LogP contribution is -2.36. The fraction of sp³-hybridized carbons (Fsp3) is 0.167. The molecule has 0 heterocycles. The maximum Gasteiger partial charge on any atom is 0.184 e. The van der Waals surface area contributed by atoms with Crippen molar-refractivity contribution in [1.29, 1.82) is 0 Å². The van der Waals surface area contributed by atoms with E-state index in [1.54, 1.807) is 26.4 Å². The van der Waals surface area contributed by atoms with Gasteiger partial charge < -0.3 is 24.4 Å². The monoisotopic (exact) mass is 546 g/mol. The predicted octanol–water partition coefficient (Wildman–Crippen LogP) is 7.45. The zero-order valence-corrected chi connectivity index (χ0v) is 23.2. The quantitative estimate of drug-likeness (QED) is 0.169. The van der Waals surface area contributed by atoms with Crippen LogP contribution in [-0.2, 0) is 12.0 Å². The molecule has 0 spiro atoms. The highest BCUT2D eigenvalue weighted by Crippen LogP contribution is 2.42. The van der Waals surface area contributed by atoms with Crippen LogP contribution in [0, 0.1) is 0 Å². The number of hydrogen-bond donors (Lipinski definition) is 2. The Kier molecular flexibility index (Phi) is 8.56. The molecule has 0 aliphatic heterocycles. The van der Waals surface area contributed by atoms with E-state index in [0.29, 0.717) is 35.7 Å². The van der Waals surface area contributed by atoms with E-state index in [9.17, 15) is 10.2 Å². The fourth-order valence-electron chi connectivity index (χ4n) is 5.24. The van der Waals surface area contributed by atoms with Crippen LogP contribution in [0.15, 0.2) is 127 Å². The Labute approximate surface area is 241 Å². The first kappa shape index (κ1) is 27.8. The molecule has 0 saturated carbocycles. The SMILES string of the molecule is COc1ccc(CCC(O)c2cc(O)cc(OC(c3ccccc3)(c3ccccc3)c3ccccc3)c2)cc1OC. The maximum atomic E-state index is 11.2. The van der Waals surface area contributed by atoms with E-state index in [1.807, 2.05) is 115 Å². The van der Waals surface area contributed by atoms with Crippen molar-refractivity contribution in [2.24, 2.45) is 0 Å². The van der Waals surface area contributed by atoms with Gasteiger partial charge in [0.05, 0.1) is 20.3 Å². The average molecular weight is 547 g/mol. The van der Waals surface area contributed by atoms with Crippen LogP contribution in [0.4, 0.5) is 0 Å². The topological polar surface area (TPSA) is 68.2 Å². The molecule has 0 aliphatic carbocycles. The highest BCUT2D eigenvalue weighted by molar-refractivity contribution is 5.50. The lowest BCUT2D eigenvalue weighted by molar-refractivity contribution is 0.150. The smallest absolute Gasteiger partial charge is 0.184 e. The molecular formula is C36H34O5. The lowest BCUT2D eigenvalue weighted by Gasteiger charge is -2.36. The molecule has 0 bridgehead atoms. The summed E-state index contributed by atoms with van der Waals surface area (Å²) >= 11 is 0. The van der Waals surface area contributed by atoms with Crippen LogP contribution in [0.5, 0.6) is 23.0 Å². The second-order valence-electron chi connectivity index (χ2n) is 9.89. The number of methoxy groups -OCH3 is 2. The van der Waals surface area contributed by atoms with Crippen molar-refractivity contribution in [3.8, 4) is 23.0 Å². The van der Waals surface area contributed by atoms with Crippen molar-refractivity contribution in [3.05, 3.63) is 155 Å². The van der Waals surface area contributed by atoms with Gasteiger partial charge >= 0.3 is 0 Å². The van der Waals surface area contributed by atoms with Crippen LogP contribution >= 0.6 is 0 Å². The minimum absolute atomic E-state index is 0.0192. The Morgan fingerprint density at radius 2 is 1.17 bits per heavy atom. The van der Waals surface area contributed by atoms with Gasteiger partial charge in [-0.05, 0) is 48.2 Å². The molecule has 0 aromatic heterocycles. The van der Waals surface area contributed by atoms with Crippen LogP contribution in [0.25, 0.3) is 0 Å². The third-order valence-corrected chi connectivity index (χ3v) is 7.26. The van der Waals surface area contributed by atoms with Crippen molar-refractivity contribution in [2.45, 2.75) is 24.5 Å². The van der Waals surface area contributed by atoms with E-state index in [-0.39, 0.29) is 5.75 Å². The van der Waals surface area contributed by atoms with Gasteiger partial charge in [0.15, 0.2) is 17.1 Å². The van der Waals surface area contributed by atoms with Gasteiger partial charge in [-0.15, -0.1) is 0 Å². The molecule has 5 nitrogen and oxygen atoms in total. The van der Waals surface area contributed by atoms with E-state index >= 15 is 0 Å². The van der Waals surface area contributed by atoms with E-state index in [2.05, 4.69) is 0 Å². The summed E-state index contributed by atoms with van der Waals surface area (Å²) in [5, 5.41) is 21.9. The van der Waals surface area contributed by atoms with Gasteiger partial charge in [0.2, 0.25) is 0 Å². The van der Waals surface area contributed by atoms with E-state index in [4.69, 9.17) is 14.2 Å². The van der Waals surface area contributed by atoms with Gasteiger partial charge in [0, 0.05) is 22.8 Å². The number of aliphatic hydroxyl groups is 1. The summed E-state index contributed by atoms with van der Waals surface area (Å²) in [6.45, 7) is 0. The predicted molar refractivity (Wildman–Crippen MR) is 161 cm³/mol. The lowest BCUT2D eigenvalue weighted by atomic mass is 9.80. The van der Waals surface area contributed by atoms with Crippen molar-refractivity contribution in [3.63, 3.8) is 0 Å². The average Bonchev–Trinajstić information content (AvgIpc) is 3.03. The minimum Gasteiger partial charge on any atom is -0.508 e. The summed E-state index contributed by atoms with van der Waals surface area (Å²) in [7, 11) is 3.20. The normalized spacial score (nSPS) is 12.0. The van der Waals surface area contributed by atoms with Crippen molar-refractivity contribution in [2.75, 3.05) is 14.2 Å². The van der Waals surface area contributed by atoms with Crippen LogP contribution in [-0.4, -0.2) is 24.4 Å². The number of benzene rings is 5. The number of hydrogen-bond acceptors (Lipinski definition) is 5. The summed E-state index contributed by atoms with van der Waals surface area (Å²) in [6, 6.07) is 40.9. The third kappa shape index (κ3) is 6.06. The number of phenols is 1. The molecule has 5 heteroatoms. The number of phenolic OH excluding ortho intramolecular Hbond substituents is 1. The molecule has 0 saturated heterocycles. The van der Waals surface area contributed by atoms with Gasteiger partial charge in [-0.3, -0.25) is 0 Å². The molecule has 208 valence electrons. The molecule has 1 unspecified atom stereocenters. The highest BCUT2D eigenvalue weighted by atomic mass is 16.5. The first-order chi connectivity index (χ1) is 20.0. The maximum absolute atomic E-state index is 11.2. The molecule has 0 aliphatic rings. The summed E-state index contributed by atoms with van der Waals surface area (Å²) in [4.78, 5) is 0. The fourth-order valence-corrected chi connectivity index (χ4v) is 5.24. The standard InChI is InChI=1S/C36H34O5/c1-39-34-21-19-26(22-35(34)40-2)18-20-33(38)27-23-31(37)25-32(24-27)41-36(28-12-6-3-7-13-28,29-14-8-4-9-15-29)30-16-10-5-11-17-30/h3-17,19,21-25,33,37-38H,18,20H2,1-2H3. The highest BCUT2D eigenvalue weighted by Gasteiger charge is 2.39. The molecule has 0 amide bonds. The first-order valence-corrected chi connectivity index (χ1v) is 13.6. The molecule has 0 radical (unpaired) electrons. The number of rotatable bonds is 11. The van der Waals surface area contributed by atoms with Gasteiger partial charge in [-0.25, -0.2) is 0 Å². The van der Waals surface area contributed by atoms with E-state index in [0.717, 1.165) is 22.3 Å². The van der Waals surface area contributed by atoms with E-state index < -0.39 is 11.7 Å². The second kappa shape index (κ2) is 12.6. The Hall–Kier alpha value is -4.74. The van der Waals surface area contributed by atoms with Crippen LogP contribution in [0.3, 0.4) is 0 Å². The van der Waals surface area contributed by atoms with E-state index in [1.165, 1.54) is 0 Å². The molecule has 5 rings (SSSR count). The van der Waals surface area contributed by atoms with Gasteiger partial charge in [0.1, 0.15) is 11.5 Å². The molecule has 0 fully saturated rings. The summed E-state index contributed by atoms with van der Waals surface area (Å²) in [5.41, 5.74) is 3.40. The van der Waals surface area contributed by atoms with Crippen LogP contribution < -0.4 is 14.2 Å². The van der Waals surface area contributed by atoms with Gasteiger partial charge in [0.25, 0.3) is 0 Å². The van der Waals surface area contributed by atoms with Crippen molar-refractivity contribution in [1.82, 2.24) is 0 Å². The zero-order valence-electron chi connectivity index (χ0n) is 23.2. The molecule has 5 aromatic carbocycles. The van der Waals surface area contributed by atoms with Crippen molar-refractivity contribution < 1.29 is 24.4 Å². The Morgan fingerprint density at radius 3 is 1.68 bits per heavy atom. The number of aryl methyl sites for hydroxylation is 1.